The Morgan fingerprint density at radius 2 is 1.88 bits per heavy atom. The minimum absolute atomic E-state index is 0.244. The van der Waals surface area contributed by atoms with Gasteiger partial charge in [0.2, 0.25) is 0 Å². The molecule has 0 spiro atoms. The Hall–Kier alpha value is -2.36. The van der Waals surface area contributed by atoms with Crippen LogP contribution in [-0.2, 0) is 6.42 Å². The van der Waals surface area contributed by atoms with Crippen LogP contribution in [0.3, 0.4) is 0 Å². The molecule has 4 N–H and O–H groups in total. The summed E-state index contributed by atoms with van der Waals surface area (Å²) in [6.45, 7) is 0. The van der Waals surface area contributed by atoms with E-state index in [1.807, 2.05) is 30.3 Å². The highest BCUT2D eigenvalue weighted by molar-refractivity contribution is 5.93. The van der Waals surface area contributed by atoms with E-state index in [2.05, 4.69) is 4.98 Å². The first-order valence-corrected chi connectivity index (χ1v) is 5.25. The molecule has 0 unspecified atom stereocenters. The first kappa shape index (κ1) is 11.1. The fraction of sp³-hybridized carbons (Fsp3) is 0.0769. The molecule has 0 saturated carbocycles. The molecular weight excluding hydrogens is 214 g/mol. The number of primary amides is 1. The predicted octanol–water partition coefficient (Wildman–Crippen LogP) is 1.35. The van der Waals surface area contributed by atoms with Crippen molar-refractivity contribution in [2.45, 2.75) is 6.42 Å². The van der Waals surface area contributed by atoms with Crippen molar-refractivity contribution >= 4 is 11.6 Å². The van der Waals surface area contributed by atoms with Crippen molar-refractivity contribution in [3.05, 3.63) is 59.4 Å². The number of nitrogen functional groups attached to an aromatic ring is 1. The minimum Gasteiger partial charge on any atom is -0.398 e. The Morgan fingerprint density at radius 3 is 2.53 bits per heavy atom. The summed E-state index contributed by atoms with van der Waals surface area (Å²) < 4.78 is 0. The van der Waals surface area contributed by atoms with E-state index < -0.39 is 5.91 Å². The van der Waals surface area contributed by atoms with Crippen molar-refractivity contribution in [3.8, 4) is 0 Å². The Balaban J connectivity index is 2.41. The van der Waals surface area contributed by atoms with Crippen molar-refractivity contribution in [3.63, 3.8) is 0 Å². The second kappa shape index (κ2) is 4.65. The highest BCUT2D eigenvalue weighted by Gasteiger charge is 2.12. The van der Waals surface area contributed by atoms with Crippen molar-refractivity contribution in [1.82, 2.24) is 4.98 Å². The number of aromatic nitrogens is 1. The van der Waals surface area contributed by atoms with E-state index in [-0.39, 0.29) is 5.69 Å². The van der Waals surface area contributed by atoms with E-state index in [0.29, 0.717) is 17.7 Å². The van der Waals surface area contributed by atoms with E-state index >= 15 is 0 Å². The van der Waals surface area contributed by atoms with Gasteiger partial charge in [-0.25, -0.2) is 0 Å². The number of nitrogens with zero attached hydrogens (tertiary/aromatic N) is 1. The molecule has 1 amide bonds. The van der Waals surface area contributed by atoms with Crippen LogP contribution in [0.2, 0.25) is 0 Å². The average Bonchev–Trinajstić information content (AvgIpc) is 2.33. The monoisotopic (exact) mass is 227 g/mol. The number of anilines is 1. The normalized spacial score (nSPS) is 10.1. The molecule has 0 aliphatic rings. The molecule has 0 saturated heterocycles. The van der Waals surface area contributed by atoms with Crippen molar-refractivity contribution < 1.29 is 4.79 Å². The zero-order valence-corrected chi connectivity index (χ0v) is 9.26. The molecule has 4 heteroatoms. The summed E-state index contributed by atoms with van der Waals surface area (Å²) >= 11 is 0. The van der Waals surface area contributed by atoms with Gasteiger partial charge in [-0.1, -0.05) is 30.3 Å². The first-order chi connectivity index (χ1) is 8.18. The number of hydrogen-bond donors (Lipinski definition) is 2. The van der Waals surface area contributed by atoms with Gasteiger partial charge < -0.3 is 11.5 Å². The van der Waals surface area contributed by atoms with Gasteiger partial charge in [-0.15, -0.1) is 0 Å². The van der Waals surface area contributed by atoms with Crippen LogP contribution in [0.15, 0.2) is 42.6 Å². The second-order valence-corrected chi connectivity index (χ2v) is 3.75. The molecule has 1 heterocycles. The lowest BCUT2D eigenvalue weighted by Gasteiger charge is -2.08. The first-order valence-electron chi connectivity index (χ1n) is 5.25. The van der Waals surface area contributed by atoms with Gasteiger partial charge in [0.15, 0.2) is 0 Å². The fourth-order valence-corrected chi connectivity index (χ4v) is 1.71. The van der Waals surface area contributed by atoms with E-state index in [0.717, 1.165) is 5.56 Å². The summed E-state index contributed by atoms with van der Waals surface area (Å²) in [5.74, 6) is -0.553. The predicted molar refractivity (Wildman–Crippen MR) is 66.4 cm³/mol. The molecule has 0 bridgehead atoms. The van der Waals surface area contributed by atoms with Gasteiger partial charge in [-0.2, -0.15) is 0 Å². The standard InChI is InChI=1S/C13H13N3O/c14-11-6-7-16-12(13(15)17)10(11)8-9-4-2-1-3-5-9/h1-7H,8H2,(H2,14,16)(H2,15,17). The van der Waals surface area contributed by atoms with Gasteiger partial charge in [0, 0.05) is 23.9 Å². The fourth-order valence-electron chi connectivity index (χ4n) is 1.71. The summed E-state index contributed by atoms with van der Waals surface area (Å²) in [5, 5.41) is 0. The Bertz CT molecular complexity index is 538. The third kappa shape index (κ3) is 2.42. The molecule has 0 radical (unpaired) electrons. The summed E-state index contributed by atoms with van der Waals surface area (Å²) in [6.07, 6.45) is 2.04. The zero-order valence-electron chi connectivity index (χ0n) is 9.26. The van der Waals surface area contributed by atoms with Crippen LogP contribution in [0.4, 0.5) is 5.69 Å². The topological polar surface area (TPSA) is 82.0 Å². The van der Waals surface area contributed by atoms with Crippen molar-refractivity contribution in [2.24, 2.45) is 5.73 Å². The number of amides is 1. The number of pyridine rings is 1. The molecule has 0 aliphatic heterocycles. The maximum atomic E-state index is 11.3. The largest absolute Gasteiger partial charge is 0.398 e. The molecule has 1 aromatic heterocycles. The van der Waals surface area contributed by atoms with Gasteiger partial charge in [-0.05, 0) is 11.6 Å². The van der Waals surface area contributed by atoms with Crippen LogP contribution >= 0.6 is 0 Å². The maximum absolute atomic E-state index is 11.3. The summed E-state index contributed by atoms with van der Waals surface area (Å²) in [6, 6.07) is 11.4. The van der Waals surface area contributed by atoms with Crippen LogP contribution in [0.1, 0.15) is 21.6 Å². The number of rotatable bonds is 3. The quantitative estimate of drug-likeness (QED) is 0.830. The van der Waals surface area contributed by atoms with Gasteiger partial charge in [0.25, 0.3) is 5.91 Å². The second-order valence-electron chi connectivity index (χ2n) is 3.75. The maximum Gasteiger partial charge on any atom is 0.267 e. The van der Waals surface area contributed by atoms with E-state index in [1.165, 1.54) is 6.20 Å². The van der Waals surface area contributed by atoms with Gasteiger partial charge in [0.05, 0.1) is 0 Å². The number of benzene rings is 1. The number of carbonyl (C=O) groups is 1. The lowest BCUT2D eigenvalue weighted by Crippen LogP contribution is -2.17. The smallest absolute Gasteiger partial charge is 0.267 e. The SMILES string of the molecule is NC(=O)c1nccc(N)c1Cc1ccccc1. The number of hydrogen-bond acceptors (Lipinski definition) is 3. The highest BCUT2D eigenvalue weighted by atomic mass is 16.1. The van der Waals surface area contributed by atoms with Crippen LogP contribution in [0.5, 0.6) is 0 Å². The molecular formula is C13H13N3O. The molecule has 2 rings (SSSR count). The molecule has 86 valence electrons. The lowest BCUT2D eigenvalue weighted by molar-refractivity contribution is 0.0995. The molecule has 0 aliphatic carbocycles. The summed E-state index contributed by atoms with van der Waals surface area (Å²) in [4.78, 5) is 15.2. The van der Waals surface area contributed by atoms with Crippen molar-refractivity contribution in [2.75, 3.05) is 5.73 Å². The van der Waals surface area contributed by atoms with Gasteiger partial charge in [0.1, 0.15) is 5.69 Å². The molecule has 4 nitrogen and oxygen atoms in total. The van der Waals surface area contributed by atoms with Crippen LogP contribution in [0, 0.1) is 0 Å². The number of nitrogens with two attached hydrogens (primary N) is 2. The molecule has 2 aromatic rings. The highest BCUT2D eigenvalue weighted by Crippen LogP contribution is 2.18. The Kier molecular flexibility index (Phi) is 3.05. The molecule has 17 heavy (non-hydrogen) atoms. The van der Waals surface area contributed by atoms with E-state index in [9.17, 15) is 4.79 Å². The zero-order chi connectivity index (χ0) is 12.3. The summed E-state index contributed by atoms with van der Waals surface area (Å²) in [5.41, 5.74) is 13.7. The average molecular weight is 227 g/mol. The van der Waals surface area contributed by atoms with Crippen LogP contribution in [0.25, 0.3) is 0 Å². The number of carbonyl (C=O) groups excluding carboxylic acids is 1. The van der Waals surface area contributed by atoms with Crippen LogP contribution < -0.4 is 11.5 Å². The third-order valence-corrected chi connectivity index (χ3v) is 2.55. The lowest BCUT2D eigenvalue weighted by atomic mass is 10.0. The Labute approximate surface area is 99.3 Å². The third-order valence-electron chi connectivity index (χ3n) is 2.55. The van der Waals surface area contributed by atoms with Crippen molar-refractivity contribution in [1.29, 1.82) is 0 Å². The summed E-state index contributed by atoms with van der Waals surface area (Å²) in [7, 11) is 0. The van der Waals surface area contributed by atoms with E-state index in [4.69, 9.17) is 11.5 Å². The minimum atomic E-state index is -0.553. The molecule has 0 atom stereocenters. The van der Waals surface area contributed by atoms with Gasteiger partial charge >= 0.3 is 0 Å². The molecule has 1 aromatic carbocycles. The molecule has 0 fully saturated rings. The van der Waals surface area contributed by atoms with Crippen LogP contribution in [-0.4, -0.2) is 10.9 Å². The van der Waals surface area contributed by atoms with E-state index in [1.54, 1.807) is 6.07 Å². The Morgan fingerprint density at radius 1 is 1.18 bits per heavy atom. The van der Waals surface area contributed by atoms with Gasteiger partial charge in [-0.3, -0.25) is 9.78 Å².